The molecule has 0 saturated carbocycles. The average molecular weight is 464 g/mol. The van der Waals surface area contributed by atoms with Gasteiger partial charge in [0.25, 0.3) is 0 Å². The molecule has 0 saturated heterocycles. The van der Waals surface area contributed by atoms with Crippen LogP contribution in [0.1, 0.15) is 37.4 Å². The van der Waals surface area contributed by atoms with Gasteiger partial charge >= 0.3 is 0 Å². The van der Waals surface area contributed by atoms with Crippen LogP contribution in [0.15, 0.2) is 47.0 Å². The summed E-state index contributed by atoms with van der Waals surface area (Å²) in [5, 5.41) is 15.1. The Morgan fingerprint density at radius 2 is 1.85 bits per heavy atom. The quantitative estimate of drug-likeness (QED) is 0.449. The van der Waals surface area contributed by atoms with Crippen LogP contribution in [-0.2, 0) is 24.2 Å². The normalized spacial score (nSPS) is 13.4. The molecule has 0 aliphatic carbocycles. The zero-order valence-corrected chi connectivity index (χ0v) is 18.3. The van der Waals surface area contributed by atoms with Crippen LogP contribution in [0.4, 0.5) is 14.5 Å². The van der Waals surface area contributed by atoms with Gasteiger partial charge in [-0.1, -0.05) is 11.6 Å². The average Bonchev–Trinajstić information content (AvgIpc) is 3.41. The van der Waals surface area contributed by atoms with Crippen LogP contribution in [0, 0.1) is 11.6 Å². The van der Waals surface area contributed by atoms with Crippen molar-refractivity contribution in [1.29, 1.82) is 0 Å². The maximum absolute atomic E-state index is 14.4. The maximum Gasteiger partial charge on any atom is 0.227 e. The van der Waals surface area contributed by atoms with Crippen LogP contribution in [0.2, 0.25) is 0 Å². The predicted molar refractivity (Wildman–Crippen MR) is 120 cm³/mol. The van der Waals surface area contributed by atoms with Crippen molar-refractivity contribution in [3.8, 4) is 22.8 Å². The predicted octanol–water partition coefficient (Wildman–Crippen LogP) is 4.57. The van der Waals surface area contributed by atoms with Gasteiger partial charge in [-0.25, -0.2) is 8.78 Å². The highest BCUT2D eigenvalue weighted by Crippen LogP contribution is 2.27. The molecule has 5 rings (SSSR count). The van der Waals surface area contributed by atoms with Crippen molar-refractivity contribution in [3.05, 3.63) is 65.8 Å². The highest BCUT2D eigenvalue weighted by molar-refractivity contribution is 5.91. The molecule has 1 amide bonds. The Kier molecular flexibility index (Phi) is 6.11. The first-order valence-corrected chi connectivity index (χ1v) is 11.2. The summed E-state index contributed by atoms with van der Waals surface area (Å²) < 4.78 is 34.8. The number of benzene rings is 2. The van der Waals surface area contributed by atoms with Crippen molar-refractivity contribution in [2.75, 3.05) is 5.32 Å². The first kappa shape index (κ1) is 21.9. The number of carbonyl (C=O) groups excluding carboxylic acids is 1. The highest BCUT2D eigenvalue weighted by atomic mass is 19.1. The van der Waals surface area contributed by atoms with E-state index in [1.807, 2.05) is 0 Å². The monoisotopic (exact) mass is 464 g/mol. The Balaban J connectivity index is 1.25. The fourth-order valence-electron chi connectivity index (χ4n) is 3.96. The van der Waals surface area contributed by atoms with Crippen LogP contribution < -0.4 is 5.32 Å². The molecule has 10 heteroatoms. The molecule has 4 aromatic rings. The molecular formula is C24H22F2N6O2. The Bertz CT molecular complexity index is 1320. The summed E-state index contributed by atoms with van der Waals surface area (Å²) in [5.74, 6) is 0.881. The van der Waals surface area contributed by atoms with E-state index in [9.17, 15) is 13.6 Å². The topological polar surface area (TPSA) is 98.7 Å². The molecule has 0 bridgehead atoms. The van der Waals surface area contributed by atoms with E-state index in [0.717, 1.165) is 38.1 Å². The van der Waals surface area contributed by atoms with Crippen LogP contribution in [0.25, 0.3) is 22.8 Å². The summed E-state index contributed by atoms with van der Waals surface area (Å²) in [4.78, 5) is 16.7. The lowest BCUT2D eigenvalue weighted by molar-refractivity contribution is -0.116. The molecule has 0 unspecified atom stereocenters. The standard InChI is InChI=1S/C24H22F2N6O2/c25-17-8-5-15(6-9-17)23-28-22(34-31-23)12-11-21(33)27-19-14-16(7-10-18(19)26)24-30-29-20-4-2-1-3-13-32(20)24/h5-10,14H,1-4,11-13H2,(H,27,33). The smallest absolute Gasteiger partial charge is 0.227 e. The second-order valence-electron chi connectivity index (χ2n) is 8.16. The van der Waals surface area contributed by atoms with Gasteiger partial charge in [0.15, 0.2) is 5.82 Å². The van der Waals surface area contributed by atoms with Crippen molar-refractivity contribution in [1.82, 2.24) is 24.9 Å². The molecule has 1 N–H and O–H groups in total. The minimum absolute atomic E-state index is 0.0229. The van der Waals surface area contributed by atoms with Crippen LogP contribution >= 0.6 is 0 Å². The summed E-state index contributed by atoms with van der Waals surface area (Å²) in [7, 11) is 0. The van der Waals surface area contributed by atoms with Gasteiger partial charge in [0.2, 0.25) is 17.6 Å². The maximum atomic E-state index is 14.4. The van der Waals surface area contributed by atoms with Gasteiger partial charge in [0.1, 0.15) is 17.5 Å². The summed E-state index contributed by atoms with van der Waals surface area (Å²) in [6, 6.07) is 10.2. The van der Waals surface area contributed by atoms with E-state index in [-0.39, 0.29) is 30.2 Å². The number of fused-ring (bicyclic) bond motifs is 1. The largest absolute Gasteiger partial charge is 0.339 e. The number of hydrogen-bond acceptors (Lipinski definition) is 6. The minimum atomic E-state index is -0.538. The second-order valence-corrected chi connectivity index (χ2v) is 8.16. The van der Waals surface area contributed by atoms with Crippen molar-refractivity contribution in [2.45, 2.75) is 45.1 Å². The Morgan fingerprint density at radius 3 is 2.71 bits per heavy atom. The fourth-order valence-corrected chi connectivity index (χ4v) is 3.96. The number of aryl methyl sites for hydroxylation is 2. The van der Waals surface area contributed by atoms with E-state index in [0.29, 0.717) is 22.8 Å². The number of nitrogens with one attached hydrogen (secondary N) is 1. The zero-order chi connectivity index (χ0) is 23.5. The lowest BCUT2D eigenvalue weighted by atomic mass is 10.1. The zero-order valence-electron chi connectivity index (χ0n) is 18.3. The minimum Gasteiger partial charge on any atom is -0.339 e. The molecule has 3 heterocycles. The fraction of sp³-hybridized carbons (Fsp3) is 0.292. The third-order valence-corrected chi connectivity index (χ3v) is 5.74. The number of aromatic nitrogens is 5. The first-order chi connectivity index (χ1) is 16.6. The van der Waals surface area contributed by atoms with Crippen LogP contribution in [0.3, 0.4) is 0 Å². The first-order valence-electron chi connectivity index (χ1n) is 11.2. The van der Waals surface area contributed by atoms with Crippen molar-refractivity contribution >= 4 is 11.6 Å². The van der Waals surface area contributed by atoms with Gasteiger partial charge in [-0.15, -0.1) is 10.2 Å². The van der Waals surface area contributed by atoms with Gasteiger partial charge in [-0.2, -0.15) is 4.98 Å². The van der Waals surface area contributed by atoms with Gasteiger partial charge in [-0.3, -0.25) is 4.79 Å². The number of hydrogen-bond donors (Lipinski definition) is 1. The van der Waals surface area contributed by atoms with Gasteiger partial charge in [0.05, 0.1) is 5.69 Å². The molecule has 2 aromatic carbocycles. The molecule has 1 aliphatic rings. The Morgan fingerprint density at radius 1 is 1.03 bits per heavy atom. The van der Waals surface area contributed by atoms with E-state index in [1.165, 1.54) is 18.2 Å². The molecule has 0 fully saturated rings. The number of anilines is 1. The third-order valence-electron chi connectivity index (χ3n) is 5.74. The van der Waals surface area contributed by atoms with Crippen molar-refractivity contribution in [3.63, 3.8) is 0 Å². The number of amides is 1. The lowest BCUT2D eigenvalue weighted by Gasteiger charge is -2.10. The van der Waals surface area contributed by atoms with E-state index >= 15 is 0 Å². The van der Waals surface area contributed by atoms with E-state index in [4.69, 9.17) is 4.52 Å². The van der Waals surface area contributed by atoms with Crippen LogP contribution in [0.5, 0.6) is 0 Å². The van der Waals surface area contributed by atoms with Gasteiger partial charge in [0, 0.05) is 36.9 Å². The summed E-state index contributed by atoms with van der Waals surface area (Å²) in [6.07, 6.45) is 4.33. The molecular weight excluding hydrogens is 442 g/mol. The molecule has 0 radical (unpaired) electrons. The van der Waals surface area contributed by atoms with Gasteiger partial charge in [-0.05, 0) is 55.3 Å². The third kappa shape index (κ3) is 4.70. The molecule has 34 heavy (non-hydrogen) atoms. The van der Waals surface area contributed by atoms with Crippen molar-refractivity contribution in [2.24, 2.45) is 0 Å². The molecule has 2 aromatic heterocycles. The number of halogens is 2. The van der Waals surface area contributed by atoms with E-state index in [1.54, 1.807) is 24.3 Å². The number of rotatable bonds is 6. The molecule has 1 aliphatic heterocycles. The number of nitrogens with zero attached hydrogens (tertiary/aromatic N) is 5. The Labute approximate surface area is 194 Å². The van der Waals surface area contributed by atoms with Crippen molar-refractivity contribution < 1.29 is 18.1 Å². The Hall–Kier alpha value is -3.95. The molecule has 0 spiro atoms. The van der Waals surface area contributed by atoms with Crippen LogP contribution in [-0.4, -0.2) is 30.8 Å². The molecule has 0 atom stereocenters. The lowest BCUT2D eigenvalue weighted by Crippen LogP contribution is -2.14. The molecule has 174 valence electrons. The second kappa shape index (κ2) is 9.50. The summed E-state index contributed by atoms with van der Waals surface area (Å²) >= 11 is 0. The SMILES string of the molecule is O=C(CCc1nc(-c2ccc(F)cc2)no1)Nc1cc(-c2nnc3n2CCCCC3)ccc1F. The number of carbonyl (C=O) groups is 1. The van der Waals surface area contributed by atoms with E-state index < -0.39 is 11.7 Å². The summed E-state index contributed by atoms with van der Waals surface area (Å²) in [5.41, 5.74) is 1.37. The highest BCUT2D eigenvalue weighted by Gasteiger charge is 2.18. The van der Waals surface area contributed by atoms with E-state index in [2.05, 4.69) is 30.2 Å². The summed E-state index contributed by atoms with van der Waals surface area (Å²) in [6.45, 7) is 0.820. The van der Waals surface area contributed by atoms with Gasteiger partial charge < -0.3 is 14.4 Å². The molecule has 8 nitrogen and oxygen atoms in total.